The summed E-state index contributed by atoms with van der Waals surface area (Å²) < 4.78 is 11.0. The molecule has 0 aliphatic carbocycles. The van der Waals surface area contributed by atoms with Gasteiger partial charge in [-0.3, -0.25) is 4.79 Å². The van der Waals surface area contributed by atoms with Gasteiger partial charge in [-0.1, -0.05) is 0 Å². The Bertz CT molecular complexity index is 517. The quantitative estimate of drug-likeness (QED) is 0.919. The molecule has 0 radical (unpaired) electrons. The Hall–Kier alpha value is -1.75. The van der Waals surface area contributed by atoms with Gasteiger partial charge in [0.15, 0.2) is 11.5 Å². The summed E-state index contributed by atoms with van der Waals surface area (Å²) >= 11 is 0. The van der Waals surface area contributed by atoms with Gasteiger partial charge in [-0.05, 0) is 43.9 Å². The van der Waals surface area contributed by atoms with Gasteiger partial charge in [0.25, 0.3) is 5.91 Å². The van der Waals surface area contributed by atoms with Crippen LogP contribution >= 0.6 is 0 Å². The van der Waals surface area contributed by atoms with Crippen molar-refractivity contribution in [1.82, 2.24) is 4.90 Å². The van der Waals surface area contributed by atoms with E-state index in [-0.39, 0.29) is 18.6 Å². The van der Waals surface area contributed by atoms with Crippen LogP contribution in [0.15, 0.2) is 18.2 Å². The molecule has 2 heterocycles. The minimum absolute atomic E-state index is 0.0485. The highest BCUT2D eigenvalue weighted by Crippen LogP contribution is 2.32. The number of ether oxygens (including phenoxy) is 2. The molecule has 2 aliphatic rings. The Labute approximate surface area is 124 Å². The largest absolute Gasteiger partial charge is 0.486 e. The predicted molar refractivity (Wildman–Crippen MR) is 77.8 cm³/mol. The summed E-state index contributed by atoms with van der Waals surface area (Å²) in [7, 11) is 0. The molecular formula is C16H21NO4. The molecule has 1 N–H and O–H groups in total. The monoisotopic (exact) mass is 291 g/mol. The highest BCUT2D eigenvalue weighted by atomic mass is 16.6. The molecule has 21 heavy (non-hydrogen) atoms. The maximum Gasteiger partial charge on any atom is 0.254 e. The number of likely N-dealkylation sites (tertiary alicyclic amines) is 1. The smallest absolute Gasteiger partial charge is 0.254 e. The Balaban J connectivity index is 1.75. The summed E-state index contributed by atoms with van der Waals surface area (Å²) in [5.41, 5.74) is 0.648. The van der Waals surface area contributed by atoms with Crippen LogP contribution in [0.2, 0.25) is 0 Å². The summed E-state index contributed by atoms with van der Waals surface area (Å²) in [6.07, 6.45) is 3.67. The minimum atomic E-state index is 0.0485. The first kappa shape index (κ1) is 14.2. The number of rotatable bonds is 4. The molecule has 1 fully saturated rings. The van der Waals surface area contributed by atoms with Crippen LogP contribution in [-0.2, 0) is 0 Å². The summed E-state index contributed by atoms with van der Waals surface area (Å²) in [5.74, 6) is 1.40. The van der Waals surface area contributed by atoms with Crippen molar-refractivity contribution in [2.75, 3.05) is 26.4 Å². The third-order valence-corrected chi connectivity index (χ3v) is 4.12. The van der Waals surface area contributed by atoms with Crippen molar-refractivity contribution in [2.45, 2.75) is 31.7 Å². The number of nitrogens with zero attached hydrogens (tertiary/aromatic N) is 1. The standard InChI is InChI=1S/C16H21NO4/c18-8-2-4-13-3-1-7-17(13)16(19)12-5-6-14-15(11-12)21-10-9-20-14/h5-6,11,13,18H,1-4,7-10H2. The van der Waals surface area contributed by atoms with E-state index in [1.165, 1.54) is 0 Å². The molecule has 0 spiro atoms. The number of aliphatic hydroxyl groups is 1. The molecule has 5 nitrogen and oxygen atoms in total. The first-order chi connectivity index (χ1) is 10.3. The predicted octanol–water partition coefficient (Wildman–Crippen LogP) is 1.83. The third-order valence-electron chi connectivity index (χ3n) is 4.12. The summed E-state index contributed by atoms with van der Waals surface area (Å²) in [6, 6.07) is 5.63. The van der Waals surface area contributed by atoms with Gasteiger partial charge in [0.05, 0.1) is 0 Å². The molecule has 0 aromatic heterocycles. The molecule has 3 rings (SSSR count). The van der Waals surface area contributed by atoms with E-state index in [9.17, 15) is 4.79 Å². The molecule has 1 saturated heterocycles. The first-order valence-corrected chi connectivity index (χ1v) is 7.61. The van der Waals surface area contributed by atoms with Crippen LogP contribution in [0.4, 0.5) is 0 Å². The van der Waals surface area contributed by atoms with E-state index >= 15 is 0 Å². The van der Waals surface area contributed by atoms with Crippen LogP contribution in [0.3, 0.4) is 0 Å². The number of fused-ring (bicyclic) bond motifs is 1. The topological polar surface area (TPSA) is 59.0 Å². The van der Waals surface area contributed by atoms with Crippen LogP contribution in [0, 0.1) is 0 Å². The first-order valence-electron chi connectivity index (χ1n) is 7.61. The third kappa shape index (κ3) is 2.97. The van der Waals surface area contributed by atoms with Gasteiger partial charge in [-0.15, -0.1) is 0 Å². The van der Waals surface area contributed by atoms with Gasteiger partial charge in [-0.25, -0.2) is 0 Å². The van der Waals surface area contributed by atoms with Crippen molar-refractivity contribution in [3.8, 4) is 11.5 Å². The molecule has 1 amide bonds. The minimum Gasteiger partial charge on any atom is -0.486 e. The Morgan fingerprint density at radius 1 is 1.29 bits per heavy atom. The second-order valence-corrected chi connectivity index (χ2v) is 5.52. The van der Waals surface area contributed by atoms with E-state index in [2.05, 4.69) is 0 Å². The van der Waals surface area contributed by atoms with Gasteiger partial charge in [0.1, 0.15) is 13.2 Å². The molecule has 0 bridgehead atoms. The molecule has 1 unspecified atom stereocenters. The van der Waals surface area contributed by atoms with Crippen LogP contribution in [0.5, 0.6) is 11.5 Å². The maximum absolute atomic E-state index is 12.7. The number of carbonyl (C=O) groups is 1. The van der Waals surface area contributed by atoms with Crippen molar-refractivity contribution in [3.63, 3.8) is 0 Å². The maximum atomic E-state index is 12.7. The molecular weight excluding hydrogens is 270 g/mol. The van der Waals surface area contributed by atoms with E-state index < -0.39 is 0 Å². The van der Waals surface area contributed by atoms with Crippen LogP contribution in [-0.4, -0.2) is 48.3 Å². The lowest BCUT2D eigenvalue weighted by Gasteiger charge is -2.25. The lowest BCUT2D eigenvalue weighted by Crippen LogP contribution is -2.35. The summed E-state index contributed by atoms with van der Waals surface area (Å²) in [6.45, 7) is 2.05. The van der Waals surface area contributed by atoms with Crippen LogP contribution in [0.1, 0.15) is 36.0 Å². The fourth-order valence-corrected chi connectivity index (χ4v) is 3.07. The number of amides is 1. The van der Waals surface area contributed by atoms with Crippen molar-refractivity contribution < 1.29 is 19.4 Å². The zero-order chi connectivity index (χ0) is 14.7. The SMILES string of the molecule is O=C(c1ccc2c(c1)OCCO2)N1CCCC1CCCO. The molecule has 5 heteroatoms. The van der Waals surface area contributed by atoms with E-state index in [0.29, 0.717) is 30.3 Å². The molecule has 114 valence electrons. The fraction of sp³-hybridized carbons (Fsp3) is 0.562. The fourth-order valence-electron chi connectivity index (χ4n) is 3.07. The molecule has 1 aromatic rings. The average Bonchev–Trinajstić information content (AvgIpc) is 3.00. The lowest BCUT2D eigenvalue weighted by molar-refractivity contribution is 0.0723. The summed E-state index contributed by atoms with van der Waals surface area (Å²) in [4.78, 5) is 14.6. The second kappa shape index (κ2) is 6.35. The zero-order valence-electron chi connectivity index (χ0n) is 12.1. The van der Waals surface area contributed by atoms with Gasteiger partial charge < -0.3 is 19.5 Å². The Morgan fingerprint density at radius 2 is 2.10 bits per heavy atom. The lowest BCUT2D eigenvalue weighted by atomic mass is 10.1. The average molecular weight is 291 g/mol. The highest BCUT2D eigenvalue weighted by Gasteiger charge is 2.29. The van der Waals surface area contributed by atoms with Gasteiger partial charge in [-0.2, -0.15) is 0 Å². The van der Waals surface area contributed by atoms with E-state index in [1.54, 1.807) is 18.2 Å². The van der Waals surface area contributed by atoms with E-state index in [1.807, 2.05) is 4.90 Å². The number of carbonyl (C=O) groups excluding carboxylic acids is 1. The van der Waals surface area contributed by atoms with Crippen molar-refractivity contribution >= 4 is 5.91 Å². The molecule has 1 aromatic carbocycles. The summed E-state index contributed by atoms with van der Waals surface area (Å²) in [5, 5.41) is 8.97. The molecule has 1 atom stereocenters. The number of hydrogen-bond acceptors (Lipinski definition) is 4. The Kier molecular flexibility index (Phi) is 4.29. The van der Waals surface area contributed by atoms with Gasteiger partial charge in [0, 0.05) is 24.8 Å². The zero-order valence-corrected chi connectivity index (χ0v) is 12.1. The normalized spacial score (nSPS) is 20.6. The molecule has 0 saturated carbocycles. The van der Waals surface area contributed by atoms with E-state index in [4.69, 9.17) is 14.6 Å². The van der Waals surface area contributed by atoms with Crippen molar-refractivity contribution in [3.05, 3.63) is 23.8 Å². The van der Waals surface area contributed by atoms with Crippen LogP contribution < -0.4 is 9.47 Å². The second-order valence-electron chi connectivity index (χ2n) is 5.52. The number of hydrogen-bond donors (Lipinski definition) is 1. The number of benzene rings is 1. The van der Waals surface area contributed by atoms with E-state index in [0.717, 1.165) is 32.2 Å². The van der Waals surface area contributed by atoms with Crippen LogP contribution in [0.25, 0.3) is 0 Å². The Morgan fingerprint density at radius 3 is 2.90 bits per heavy atom. The van der Waals surface area contributed by atoms with Crippen molar-refractivity contribution in [1.29, 1.82) is 0 Å². The van der Waals surface area contributed by atoms with Crippen molar-refractivity contribution in [2.24, 2.45) is 0 Å². The highest BCUT2D eigenvalue weighted by molar-refractivity contribution is 5.95. The number of aliphatic hydroxyl groups excluding tert-OH is 1. The van der Waals surface area contributed by atoms with Gasteiger partial charge in [0.2, 0.25) is 0 Å². The molecule has 2 aliphatic heterocycles. The van der Waals surface area contributed by atoms with Gasteiger partial charge >= 0.3 is 0 Å².